The number of unbranched alkanes of at least 4 members (excludes halogenated alkanes) is 1. The predicted molar refractivity (Wildman–Crippen MR) is 161 cm³/mol. The van der Waals surface area contributed by atoms with Gasteiger partial charge in [-0.25, -0.2) is 8.42 Å². The second-order valence-corrected chi connectivity index (χ2v) is 12.3. The van der Waals surface area contributed by atoms with Crippen molar-refractivity contribution in [3.8, 4) is 0 Å². The fourth-order valence-electron chi connectivity index (χ4n) is 4.45. The summed E-state index contributed by atoms with van der Waals surface area (Å²) in [5.41, 5.74) is 0.0340. The lowest BCUT2D eigenvalue weighted by Crippen LogP contribution is -2.52. The van der Waals surface area contributed by atoms with Gasteiger partial charge in [0.15, 0.2) is 0 Å². The Labute approximate surface area is 255 Å². The summed E-state index contributed by atoms with van der Waals surface area (Å²) < 4.78 is 69.6. The third-order valence-electron chi connectivity index (χ3n) is 6.84. The molecule has 0 aromatic heterocycles. The standard InChI is InChI=1S/C31H35ClF3N3O4S/c1-4-6-18-36-30(40)28(5-2)37(20-23-14-12-22(3)13-15-23)29(39)21-38(43(41,42)25-10-8-7-9-11-25)24-16-17-27(32)26(19-24)31(33,34)35/h7-17,19,28H,4-6,18,20-21H2,1-3H3,(H,36,40). The maximum Gasteiger partial charge on any atom is 0.417 e. The normalized spacial score (nSPS) is 12.4. The van der Waals surface area contributed by atoms with Gasteiger partial charge in [0, 0.05) is 13.1 Å². The summed E-state index contributed by atoms with van der Waals surface area (Å²) in [6, 6.07) is 16.1. The van der Waals surface area contributed by atoms with Crippen molar-refractivity contribution in [3.63, 3.8) is 0 Å². The average Bonchev–Trinajstić information content (AvgIpc) is 2.97. The van der Waals surface area contributed by atoms with Crippen LogP contribution in [0.25, 0.3) is 0 Å². The summed E-state index contributed by atoms with van der Waals surface area (Å²) in [5.74, 6) is -1.17. The van der Waals surface area contributed by atoms with Gasteiger partial charge < -0.3 is 10.2 Å². The second-order valence-electron chi connectivity index (χ2n) is 10.1. The minimum atomic E-state index is -4.87. The highest BCUT2D eigenvalue weighted by atomic mass is 35.5. The molecule has 0 aliphatic heterocycles. The number of halogens is 4. The molecule has 43 heavy (non-hydrogen) atoms. The van der Waals surface area contributed by atoms with Crippen LogP contribution in [0, 0.1) is 6.92 Å². The Morgan fingerprint density at radius 1 is 0.977 bits per heavy atom. The van der Waals surface area contributed by atoms with Gasteiger partial charge in [-0.3, -0.25) is 13.9 Å². The minimum absolute atomic E-state index is 0.0214. The Morgan fingerprint density at radius 3 is 2.21 bits per heavy atom. The van der Waals surface area contributed by atoms with Gasteiger partial charge in [-0.15, -0.1) is 0 Å². The summed E-state index contributed by atoms with van der Waals surface area (Å²) in [4.78, 5) is 28.3. The molecule has 0 radical (unpaired) electrons. The molecule has 3 aromatic carbocycles. The lowest BCUT2D eigenvalue weighted by atomic mass is 10.1. The van der Waals surface area contributed by atoms with Crippen LogP contribution in [0.5, 0.6) is 0 Å². The predicted octanol–water partition coefficient (Wildman–Crippen LogP) is 6.59. The number of sulfonamides is 1. The van der Waals surface area contributed by atoms with Crippen LogP contribution in [0.15, 0.2) is 77.7 Å². The molecule has 232 valence electrons. The Balaban J connectivity index is 2.11. The molecule has 1 N–H and O–H groups in total. The number of hydrogen-bond acceptors (Lipinski definition) is 4. The number of nitrogens with zero attached hydrogens (tertiary/aromatic N) is 2. The van der Waals surface area contributed by atoms with Crippen molar-refractivity contribution in [2.45, 2.75) is 63.7 Å². The van der Waals surface area contributed by atoms with E-state index >= 15 is 0 Å². The summed E-state index contributed by atoms with van der Waals surface area (Å²) in [6.07, 6.45) is -3.08. The fourth-order valence-corrected chi connectivity index (χ4v) is 6.10. The van der Waals surface area contributed by atoms with Gasteiger partial charge in [0.1, 0.15) is 12.6 Å². The van der Waals surface area contributed by atoms with Crippen molar-refractivity contribution >= 4 is 39.1 Å². The fraction of sp³-hybridized carbons (Fsp3) is 0.355. The lowest BCUT2D eigenvalue weighted by Gasteiger charge is -2.33. The van der Waals surface area contributed by atoms with Crippen molar-refractivity contribution in [1.82, 2.24) is 10.2 Å². The Morgan fingerprint density at radius 2 is 1.63 bits per heavy atom. The van der Waals surface area contributed by atoms with E-state index in [-0.39, 0.29) is 17.9 Å². The van der Waals surface area contributed by atoms with Crippen LogP contribution >= 0.6 is 11.6 Å². The molecule has 3 rings (SSSR count). The third kappa shape index (κ3) is 8.73. The highest BCUT2D eigenvalue weighted by Crippen LogP contribution is 2.38. The first-order valence-corrected chi connectivity index (χ1v) is 15.7. The average molecular weight is 638 g/mol. The highest BCUT2D eigenvalue weighted by molar-refractivity contribution is 7.92. The number of amides is 2. The smallest absolute Gasteiger partial charge is 0.354 e. The molecule has 1 atom stereocenters. The van der Waals surface area contributed by atoms with Crippen molar-refractivity contribution in [2.75, 3.05) is 17.4 Å². The van der Waals surface area contributed by atoms with Crippen LogP contribution in [0.3, 0.4) is 0 Å². The van der Waals surface area contributed by atoms with Crippen molar-refractivity contribution in [2.24, 2.45) is 0 Å². The van der Waals surface area contributed by atoms with Gasteiger partial charge in [-0.2, -0.15) is 13.2 Å². The number of aryl methyl sites for hydroxylation is 1. The molecule has 0 heterocycles. The number of nitrogens with one attached hydrogen (secondary N) is 1. The molecule has 1 unspecified atom stereocenters. The molecular weight excluding hydrogens is 603 g/mol. The molecule has 0 aliphatic carbocycles. The molecule has 0 saturated carbocycles. The third-order valence-corrected chi connectivity index (χ3v) is 8.96. The topological polar surface area (TPSA) is 86.8 Å². The summed E-state index contributed by atoms with van der Waals surface area (Å²) in [5, 5.41) is 2.22. The van der Waals surface area contributed by atoms with Gasteiger partial charge in [0.2, 0.25) is 11.8 Å². The van der Waals surface area contributed by atoms with Crippen LogP contribution in [0.1, 0.15) is 49.8 Å². The first-order chi connectivity index (χ1) is 20.3. The van der Waals surface area contributed by atoms with Gasteiger partial charge in [0.25, 0.3) is 10.0 Å². The van der Waals surface area contributed by atoms with Crippen molar-refractivity contribution in [3.05, 3.63) is 94.5 Å². The molecule has 7 nitrogen and oxygen atoms in total. The van der Waals surface area contributed by atoms with Gasteiger partial charge in [-0.05, 0) is 55.7 Å². The summed E-state index contributed by atoms with van der Waals surface area (Å²) in [7, 11) is -4.53. The van der Waals surface area contributed by atoms with E-state index in [9.17, 15) is 31.2 Å². The summed E-state index contributed by atoms with van der Waals surface area (Å²) >= 11 is 5.81. The van der Waals surface area contributed by atoms with Gasteiger partial charge in [-0.1, -0.05) is 79.9 Å². The quantitative estimate of drug-likeness (QED) is 0.214. The molecule has 0 spiro atoms. The van der Waals surface area contributed by atoms with Crippen LogP contribution in [0.2, 0.25) is 5.02 Å². The molecule has 0 fully saturated rings. The molecule has 0 saturated heterocycles. The maximum absolute atomic E-state index is 14.1. The van der Waals surface area contributed by atoms with Crippen LogP contribution in [-0.2, 0) is 32.3 Å². The number of carbonyl (C=O) groups excluding carboxylic acids is 2. The van der Waals surface area contributed by atoms with Crippen molar-refractivity contribution < 1.29 is 31.2 Å². The second kappa shape index (κ2) is 14.7. The number of carbonyl (C=O) groups is 2. The summed E-state index contributed by atoms with van der Waals surface area (Å²) in [6.45, 7) is 5.12. The Kier molecular flexibility index (Phi) is 11.6. The molecule has 0 aliphatic rings. The Hall–Kier alpha value is -3.57. The zero-order chi connectivity index (χ0) is 31.8. The van der Waals surface area contributed by atoms with Gasteiger partial charge in [0.05, 0.1) is 21.2 Å². The monoisotopic (exact) mass is 637 g/mol. The first kappa shape index (κ1) is 33.9. The largest absolute Gasteiger partial charge is 0.417 e. The van der Waals surface area contributed by atoms with E-state index in [0.717, 1.165) is 30.5 Å². The highest BCUT2D eigenvalue weighted by Gasteiger charge is 2.37. The van der Waals surface area contributed by atoms with E-state index in [4.69, 9.17) is 11.6 Å². The van der Waals surface area contributed by atoms with E-state index in [1.54, 1.807) is 25.1 Å². The van der Waals surface area contributed by atoms with E-state index in [0.29, 0.717) is 22.5 Å². The number of alkyl halides is 3. The van der Waals surface area contributed by atoms with Crippen molar-refractivity contribution in [1.29, 1.82) is 0 Å². The molecule has 0 bridgehead atoms. The van der Waals surface area contributed by atoms with E-state index in [1.165, 1.54) is 29.2 Å². The number of hydrogen-bond donors (Lipinski definition) is 1. The number of rotatable bonds is 13. The van der Waals surface area contributed by atoms with E-state index < -0.39 is 56.9 Å². The zero-order valence-corrected chi connectivity index (χ0v) is 25.8. The molecule has 3 aromatic rings. The van der Waals surface area contributed by atoms with Crippen LogP contribution in [0.4, 0.5) is 18.9 Å². The Bertz CT molecular complexity index is 1500. The SMILES string of the molecule is CCCCNC(=O)C(CC)N(Cc1ccc(C)cc1)C(=O)CN(c1ccc(Cl)c(C(F)(F)F)c1)S(=O)(=O)c1ccccc1. The number of anilines is 1. The van der Waals surface area contributed by atoms with E-state index in [2.05, 4.69) is 5.32 Å². The maximum atomic E-state index is 14.1. The molecule has 12 heteroatoms. The number of benzene rings is 3. The van der Waals surface area contributed by atoms with Crippen LogP contribution < -0.4 is 9.62 Å². The lowest BCUT2D eigenvalue weighted by molar-refractivity contribution is -0.140. The first-order valence-electron chi connectivity index (χ1n) is 13.9. The zero-order valence-electron chi connectivity index (χ0n) is 24.2. The van der Waals surface area contributed by atoms with Crippen LogP contribution in [-0.4, -0.2) is 44.3 Å². The minimum Gasteiger partial charge on any atom is -0.354 e. The van der Waals surface area contributed by atoms with Gasteiger partial charge >= 0.3 is 6.18 Å². The molecular formula is C31H35ClF3N3O4S. The van der Waals surface area contributed by atoms with E-state index in [1.807, 2.05) is 26.0 Å². The molecule has 2 amide bonds.